The minimum absolute atomic E-state index is 0.147. The highest BCUT2D eigenvalue weighted by Gasteiger charge is 2.23. The average Bonchev–Trinajstić information content (AvgIpc) is 2.30. The lowest BCUT2D eigenvalue weighted by atomic mass is 10.3. The smallest absolute Gasteiger partial charge is 0.242 e. The molecule has 0 aromatic carbocycles. The van der Waals surface area contributed by atoms with Crippen LogP contribution in [0.4, 0.5) is 4.39 Å². The summed E-state index contributed by atoms with van der Waals surface area (Å²) in [5, 5.41) is 8.82. The van der Waals surface area contributed by atoms with Gasteiger partial charge < -0.3 is 5.11 Å². The molecule has 0 aliphatic rings. The molecule has 0 radical (unpaired) electrons. The third-order valence-corrected chi connectivity index (χ3v) is 5.06. The molecule has 0 spiro atoms. The lowest BCUT2D eigenvalue weighted by Gasteiger charge is -2.21. The van der Waals surface area contributed by atoms with Crippen LogP contribution in [0.15, 0.2) is 23.4 Å². The van der Waals surface area contributed by atoms with Gasteiger partial charge in [-0.05, 0) is 19.2 Å². The van der Waals surface area contributed by atoms with Gasteiger partial charge in [0, 0.05) is 17.5 Å². The highest BCUT2D eigenvalue weighted by Crippen LogP contribution is 2.14. The van der Waals surface area contributed by atoms with Gasteiger partial charge in [-0.15, -0.1) is 0 Å². The molecule has 0 aliphatic heterocycles. The fourth-order valence-corrected chi connectivity index (χ4v) is 3.33. The molecule has 1 aromatic heterocycles. The number of hydrogen-bond acceptors (Lipinski definition) is 5. The molecule has 1 heterocycles. The van der Waals surface area contributed by atoms with Crippen LogP contribution in [-0.2, 0) is 10.0 Å². The second-order valence-electron chi connectivity index (χ2n) is 3.71. The van der Waals surface area contributed by atoms with Crippen LogP contribution < -0.4 is 4.72 Å². The predicted octanol–water partition coefficient (Wildman–Crippen LogP) is 0.611. The van der Waals surface area contributed by atoms with Crippen LogP contribution in [0.2, 0.25) is 0 Å². The molecule has 18 heavy (non-hydrogen) atoms. The first-order chi connectivity index (χ1) is 8.40. The van der Waals surface area contributed by atoms with E-state index in [-0.39, 0.29) is 16.8 Å². The minimum atomic E-state index is -3.82. The number of sulfonamides is 1. The maximum atomic E-state index is 12.9. The summed E-state index contributed by atoms with van der Waals surface area (Å²) in [5.41, 5.74) is 0. The fraction of sp³-hybridized carbons (Fsp3) is 0.500. The molecule has 0 bridgehead atoms. The quantitative estimate of drug-likeness (QED) is 0.803. The third-order valence-electron chi connectivity index (χ3n) is 2.37. The van der Waals surface area contributed by atoms with Crippen molar-refractivity contribution in [3.63, 3.8) is 0 Å². The van der Waals surface area contributed by atoms with E-state index < -0.39 is 21.9 Å². The number of aliphatic hydroxyl groups excluding tert-OH is 1. The Morgan fingerprint density at radius 3 is 2.72 bits per heavy atom. The Bertz CT molecular complexity index is 492. The average molecular weight is 294 g/mol. The van der Waals surface area contributed by atoms with E-state index in [1.807, 2.05) is 0 Å². The summed E-state index contributed by atoms with van der Waals surface area (Å²) in [4.78, 5) is 3.26. The molecule has 0 saturated heterocycles. The summed E-state index contributed by atoms with van der Waals surface area (Å²) in [5.74, 6) is -0.714. The Balaban J connectivity index is 2.89. The van der Waals surface area contributed by atoms with E-state index in [0.29, 0.717) is 0 Å². The SMILES string of the molecule is CSC(CO)C(C)NS(=O)(=O)c1cncc(F)c1. The van der Waals surface area contributed by atoms with Gasteiger partial charge >= 0.3 is 0 Å². The van der Waals surface area contributed by atoms with E-state index in [0.717, 1.165) is 18.5 Å². The summed E-state index contributed by atoms with van der Waals surface area (Å²) >= 11 is 1.35. The number of nitrogens with one attached hydrogen (secondary N) is 1. The van der Waals surface area contributed by atoms with Crippen molar-refractivity contribution >= 4 is 21.8 Å². The van der Waals surface area contributed by atoms with Crippen LogP contribution in [0.5, 0.6) is 0 Å². The largest absolute Gasteiger partial charge is 0.395 e. The van der Waals surface area contributed by atoms with Crippen molar-refractivity contribution in [2.75, 3.05) is 12.9 Å². The van der Waals surface area contributed by atoms with Gasteiger partial charge in [0.1, 0.15) is 10.7 Å². The number of hydrogen-bond donors (Lipinski definition) is 2. The third kappa shape index (κ3) is 3.91. The first-order valence-electron chi connectivity index (χ1n) is 5.17. The van der Waals surface area contributed by atoms with E-state index in [9.17, 15) is 12.8 Å². The summed E-state index contributed by atoms with van der Waals surface area (Å²) in [6.45, 7) is 1.49. The van der Waals surface area contributed by atoms with Gasteiger partial charge in [0.15, 0.2) is 0 Å². The van der Waals surface area contributed by atoms with E-state index in [2.05, 4.69) is 9.71 Å². The lowest BCUT2D eigenvalue weighted by Crippen LogP contribution is -2.41. The predicted molar refractivity (Wildman–Crippen MR) is 68.4 cm³/mol. The molecule has 5 nitrogen and oxygen atoms in total. The van der Waals surface area contributed by atoms with Crippen molar-refractivity contribution in [2.24, 2.45) is 0 Å². The zero-order valence-electron chi connectivity index (χ0n) is 10.00. The second-order valence-corrected chi connectivity index (χ2v) is 6.50. The van der Waals surface area contributed by atoms with Gasteiger partial charge in [-0.3, -0.25) is 4.98 Å². The normalized spacial score (nSPS) is 15.3. The van der Waals surface area contributed by atoms with Crippen molar-refractivity contribution in [2.45, 2.75) is 23.1 Å². The lowest BCUT2D eigenvalue weighted by molar-refractivity contribution is 0.282. The zero-order chi connectivity index (χ0) is 13.8. The molecule has 2 atom stereocenters. The van der Waals surface area contributed by atoms with E-state index in [1.54, 1.807) is 13.2 Å². The Morgan fingerprint density at radius 1 is 1.56 bits per heavy atom. The zero-order valence-corrected chi connectivity index (χ0v) is 11.6. The summed E-state index contributed by atoms with van der Waals surface area (Å²) in [6.07, 6.45) is 3.78. The van der Waals surface area contributed by atoms with Crippen molar-refractivity contribution in [1.29, 1.82) is 0 Å². The molecule has 8 heteroatoms. The Hall–Kier alpha value is -0.700. The number of aliphatic hydroxyl groups is 1. The summed E-state index contributed by atoms with van der Waals surface area (Å²) in [6, 6.07) is 0.424. The van der Waals surface area contributed by atoms with Crippen LogP contribution in [0.25, 0.3) is 0 Å². The molecule has 0 fully saturated rings. The van der Waals surface area contributed by atoms with Gasteiger partial charge in [-0.25, -0.2) is 17.5 Å². The van der Waals surface area contributed by atoms with Crippen molar-refractivity contribution in [3.8, 4) is 0 Å². The van der Waals surface area contributed by atoms with Crippen LogP contribution in [-0.4, -0.2) is 42.7 Å². The number of pyridine rings is 1. The number of nitrogens with zero attached hydrogens (tertiary/aromatic N) is 1. The van der Waals surface area contributed by atoms with E-state index >= 15 is 0 Å². The van der Waals surface area contributed by atoms with E-state index in [1.165, 1.54) is 11.8 Å². The van der Waals surface area contributed by atoms with Gasteiger partial charge in [0.05, 0.1) is 12.8 Å². The van der Waals surface area contributed by atoms with Crippen LogP contribution in [0.3, 0.4) is 0 Å². The topological polar surface area (TPSA) is 79.3 Å². The number of thioether (sulfide) groups is 1. The van der Waals surface area contributed by atoms with Gasteiger partial charge in [-0.2, -0.15) is 11.8 Å². The van der Waals surface area contributed by atoms with Crippen molar-refractivity contribution in [3.05, 3.63) is 24.3 Å². The first kappa shape index (κ1) is 15.4. The fourth-order valence-electron chi connectivity index (χ4n) is 1.36. The molecule has 2 unspecified atom stereocenters. The van der Waals surface area contributed by atoms with Crippen LogP contribution in [0, 0.1) is 5.82 Å². The van der Waals surface area contributed by atoms with Gasteiger partial charge in [0.2, 0.25) is 10.0 Å². The minimum Gasteiger partial charge on any atom is -0.395 e. The Kier molecular flexibility index (Phi) is 5.51. The monoisotopic (exact) mass is 294 g/mol. The molecule has 0 amide bonds. The second kappa shape index (κ2) is 6.46. The maximum Gasteiger partial charge on any atom is 0.242 e. The standard InChI is InChI=1S/C10H15FN2O3S2/c1-7(10(6-14)17-2)13-18(15,16)9-3-8(11)4-12-5-9/h3-5,7,10,13-14H,6H2,1-2H3. The Morgan fingerprint density at radius 2 is 2.22 bits per heavy atom. The van der Waals surface area contributed by atoms with Gasteiger partial charge in [0.25, 0.3) is 0 Å². The molecule has 2 N–H and O–H groups in total. The Labute approximate surface area is 110 Å². The van der Waals surface area contributed by atoms with E-state index in [4.69, 9.17) is 5.11 Å². The number of halogens is 1. The van der Waals surface area contributed by atoms with Crippen molar-refractivity contribution < 1.29 is 17.9 Å². The summed E-state index contributed by atoms with van der Waals surface area (Å²) < 4.78 is 39.2. The molecular weight excluding hydrogens is 279 g/mol. The number of rotatable bonds is 6. The summed E-state index contributed by atoms with van der Waals surface area (Å²) in [7, 11) is -3.82. The number of aromatic nitrogens is 1. The van der Waals surface area contributed by atoms with Crippen LogP contribution >= 0.6 is 11.8 Å². The first-order valence-corrected chi connectivity index (χ1v) is 7.94. The van der Waals surface area contributed by atoms with Gasteiger partial charge in [-0.1, -0.05) is 0 Å². The molecule has 1 rings (SSSR count). The molecular formula is C10H15FN2O3S2. The molecule has 1 aromatic rings. The molecule has 0 saturated carbocycles. The van der Waals surface area contributed by atoms with Crippen molar-refractivity contribution in [1.82, 2.24) is 9.71 Å². The van der Waals surface area contributed by atoms with Crippen LogP contribution in [0.1, 0.15) is 6.92 Å². The maximum absolute atomic E-state index is 12.9. The molecule has 0 aliphatic carbocycles. The highest BCUT2D eigenvalue weighted by molar-refractivity contribution is 7.99. The molecule has 102 valence electrons. The highest BCUT2D eigenvalue weighted by atomic mass is 32.2.